The van der Waals surface area contributed by atoms with Gasteiger partial charge in [-0.2, -0.15) is 0 Å². The van der Waals surface area contributed by atoms with Gasteiger partial charge in [0.25, 0.3) is 0 Å². The van der Waals surface area contributed by atoms with E-state index in [0.717, 1.165) is 32.0 Å². The molecule has 1 unspecified atom stereocenters. The highest BCUT2D eigenvalue weighted by Crippen LogP contribution is 2.29. The van der Waals surface area contributed by atoms with E-state index in [4.69, 9.17) is 12.2 Å². The Labute approximate surface area is 176 Å². The van der Waals surface area contributed by atoms with Gasteiger partial charge in [-0.05, 0) is 43.2 Å². The van der Waals surface area contributed by atoms with Crippen LogP contribution in [0.5, 0.6) is 0 Å². The summed E-state index contributed by atoms with van der Waals surface area (Å²) in [5.41, 5.74) is 3.97. The average Bonchev–Trinajstić information content (AvgIpc) is 3.44. The zero-order chi connectivity index (χ0) is 20.4. The molecule has 2 heterocycles. The zero-order valence-electron chi connectivity index (χ0n) is 16.4. The number of thiocarbonyl (C=S) groups is 1. The monoisotopic (exact) mass is 410 g/mol. The van der Waals surface area contributed by atoms with Crippen molar-refractivity contribution in [3.63, 3.8) is 0 Å². The van der Waals surface area contributed by atoms with E-state index >= 15 is 0 Å². The fourth-order valence-corrected chi connectivity index (χ4v) is 5.11. The number of nitrogens with one attached hydrogen (secondary N) is 1. The molecule has 29 heavy (non-hydrogen) atoms. The Morgan fingerprint density at radius 2 is 2.10 bits per heavy atom. The third-order valence-corrected chi connectivity index (χ3v) is 6.68. The van der Waals surface area contributed by atoms with Crippen LogP contribution in [0.1, 0.15) is 43.2 Å². The number of hydrogen-bond acceptors (Lipinski definition) is 5. The molecule has 2 aliphatic heterocycles. The second-order valence-corrected chi connectivity index (χ2v) is 8.70. The maximum atomic E-state index is 13.0. The Hall–Kier alpha value is -2.18. The lowest BCUT2D eigenvalue weighted by molar-refractivity contribution is -0.138. The van der Waals surface area contributed by atoms with Crippen LogP contribution < -0.4 is 5.32 Å². The van der Waals surface area contributed by atoms with Crippen molar-refractivity contribution in [2.45, 2.75) is 50.6 Å². The predicted octanol–water partition coefficient (Wildman–Crippen LogP) is 2.51. The van der Waals surface area contributed by atoms with Gasteiger partial charge in [-0.15, -0.1) is 0 Å². The number of ketones is 1. The van der Waals surface area contributed by atoms with E-state index < -0.39 is 12.0 Å². The smallest absolute Gasteiger partial charge is 0.241 e. The van der Waals surface area contributed by atoms with Crippen molar-refractivity contribution in [1.29, 1.82) is 0 Å². The van der Waals surface area contributed by atoms with Crippen molar-refractivity contribution in [2.75, 3.05) is 13.1 Å². The van der Waals surface area contributed by atoms with Crippen molar-refractivity contribution in [2.24, 2.45) is 5.92 Å². The van der Waals surface area contributed by atoms with Gasteiger partial charge in [-0.3, -0.25) is 9.59 Å². The first-order valence-electron chi connectivity index (χ1n) is 10.4. The molecule has 0 saturated carbocycles. The maximum absolute atomic E-state index is 13.0. The van der Waals surface area contributed by atoms with E-state index in [1.807, 2.05) is 6.07 Å². The van der Waals surface area contributed by atoms with E-state index in [9.17, 15) is 14.4 Å². The van der Waals surface area contributed by atoms with Crippen molar-refractivity contribution >= 4 is 41.1 Å². The summed E-state index contributed by atoms with van der Waals surface area (Å²) in [6.07, 6.45) is 7.59. The Morgan fingerprint density at radius 1 is 1.28 bits per heavy atom. The molecular formula is C23H26N2O3S. The molecule has 0 radical (unpaired) electrons. The fourth-order valence-electron chi connectivity index (χ4n) is 4.76. The van der Waals surface area contributed by atoms with Crippen LogP contribution in [0.2, 0.25) is 0 Å². The number of carbonyl (C=O) groups excluding carboxylic acids is 3. The average molecular weight is 411 g/mol. The zero-order valence-corrected chi connectivity index (χ0v) is 17.2. The molecule has 1 aromatic carbocycles. The highest BCUT2D eigenvalue weighted by Gasteiger charge is 2.44. The summed E-state index contributed by atoms with van der Waals surface area (Å²) in [4.78, 5) is 39.4. The summed E-state index contributed by atoms with van der Waals surface area (Å²) in [5, 5.41) is 3.12. The molecule has 1 aliphatic carbocycles. The van der Waals surface area contributed by atoms with E-state index in [-0.39, 0.29) is 17.7 Å². The summed E-state index contributed by atoms with van der Waals surface area (Å²) in [5.74, 6) is -0.678. The summed E-state index contributed by atoms with van der Waals surface area (Å²) < 4.78 is 0. The Kier molecular flexibility index (Phi) is 6.01. The standard InChI is InChI=1S/C23H26N2O3S/c26-14-18-8-4-10-25(18)23(28)22-21(20(29)13-24-22)19(27)9-3-5-15-11-16-6-1-2-7-17(16)12-15/h1-2,6-7,11,14,18,21-22,24H,3-5,8-10,12-13H2/t18-,21?,22-/m0/s1. The molecule has 6 heteroatoms. The molecule has 0 bridgehead atoms. The Bertz CT molecular complexity index is 879. The first-order valence-corrected chi connectivity index (χ1v) is 10.8. The molecule has 2 saturated heterocycles. The van der Waals surface area contributed by atoms with Crippen molar-refractivity contribution < 1.29 is 14.4 Å². The van der Waals surface area contributed by atoms with Crippen LogP contribution in [0.25, 0.3) is 6.08 Å². The molecule has 2 fully saturated rings. The van der Waals surface area contributed by atoms with Crippen LogP contribution in [0.4, 0.5) is 0 Å². The number of hydrogen-bond donors (Lipinski definition) is 1. The normalized spacial score (nSPS) is 25.8. The Balaban J connectivity index is 1.34. The maximum Gasteiger partial charge on any atom is 0.241 e. The molecule has 1 N–H and O–H groups in total. The van der Waals surface area contributed by atoms with Crippen LogP contribution in [-0.4, -0.2) is 52.9 Å². The molecule has 3 aliphatic rings. The molecule has 4 rings (SSSR count). The lowest BCUT2D eigenvalue weighted by Gasteiger charge is -2.26. The molecule has 0 spiro atoms. The number of Topliss-reactive ketones (excluding diaryl/α,β-unsaturated/α-hetero) is 1. The largest absolute Gasteiger partial charge is 0.332 e. The van der Waals surface area contributed by atoms with E-state index in [1.165, 1.54) is 16.7 Å². The van der Waals surface area contributed by atoms with Crippen LogP contribution >= 0.6 is 12.2 Å². The number of likely N-dealkylation sites (tertiary alicyclic amines) is 1. The highest BCUT2D eigenvalue weighted by atomic mass is 32.1. The minimum Gasteiger partial charge on any atom is -0.332 e. The van der Waals surface area contributed by atoms with E-state index in [1.54, 1.807) is 4.90 Å². The quantitative estimate of drug-likeness (QED) is 0.553. The molecule has 0 aromatic heterocycles. The van der Waals surface area contributed by atoms with Gasteiger partial charge in [-0.1, -0.05) is 48.1 Å². The molecule has 3 atom stereocenters. The predicted molar refractivity (Wildman–Crippen MR) is 116 cm³/mol. The van der Waals surface area contributed by atoms with Crippen LogP contribution in [0.15, 0.2) is 29.8 Å². The number of allylic oxidation sites excluding steroid dienone is 1. The van der Waals surface area contributed by atoms with Gasteiger partial charge in [0.05, 0.1) is 12.0 Å². The minimum atomic E-state index is -0.620. The van der Waals surface area contributed by atoms with E-state index in [0.29, 0.717) is 30.8 Å². The van der Waals surface area contributed by atoms with Gasteiger partial charge in [0.1, 0.15) is 18.1 Å². The first-order chi connectivity index (χ1) is 14.1. The second-order valence-electron chi connectivity index (χ2n) is 8.18. The fraction of sp³-hybridized carbons (Fsp3) is 0.478. The van der Waals surface area contributed by atoms with Crippen LogP contribution in [0.3, 0.4) is 0 Å². The lowest BCUT2D eigenvalue weighted by atomic mass is 9.90. The third kappa shape index (κ3) is 4.09. The molecule has 1 amide bonds. The van der Waals surface area contributed by atoms with Crippen molar-refractivity contribution in [3.05, 3.63) is 41.0 Å². The van der Waals surface area contributed by atoms with Gasteiger partial charge in [0, 0.05) is 24.4 Å². The van der Waals surface area contributed by atoms with Crippen LogP contribution in [0, 0.1) is 5.92 Å². The van der Waals surface area contributed by atoms with Gasteiger partial charge >= 0.3 is 0 Å². The second kappa shape index (κ2) is 8.67. The number of fused-ring (bicyclic) bond motifs is 1. The SMILES string of the molecule is O=C[C@@H]1CCCN1C(=O)[C@H]1NCC(=S)C1C(=O)CCCC1=Cc2ccccc2C1. The number of nitrogens with zero attached hydrogens (tertiary/aromatic N) is 1. The summed E-state index contributed by atoms with van der Waals surface area (Å²) in [7, 11) is 0. The third-order valence-electron chi connectivity index (χ3n) is 6.28. The number of carbonyl (C=O) groups is 3. The minimum absolute atomic E-state index is 0.0383. The number of amides is 1. The summed E-state index contributed by atoms with van der Waals surface area (Å²) in [6, 6.07) is 7.38. The van der Waals surface area contributed by atoms with Gasteiger partial charge in [-0.25, -0.2) is 0 Å². The number of rotatable bonds is 7. The van der Waals surface area contributed by atoms with Crippen molar-refractivity contribution in [1.82, 2.24) is 10.2 Å². The van der Waals surface area contributed by atoms with Crippen LogP contribution in [-0.2, 0) is 20.8 Å². The highest BCUT2D eigenvalue weighted by molar-refractivity contribution is 7.80. The summed E-state index contributed by atoms with van der Waals surface area (Å²) >= 11 is 5.42. The van der Waals surface area contributed by atoms with Gasteiger partial charge in [0.2, 0.25) is 5.91 Å². The molecular weight excluding hydrogens is 384 g/mol. The van der Waals surface area contributed by atoms with E-state index in [2.05, 4.69) is 29.6 Å². The molecule has 1 aromatic rings. The summed E-state index contributed by atoms with van der Waals surface area (Å²) in [6.45, 7) is 0.977. The first kappa shape index (κ1) is 20.1. The lowest BCUT2D eigenvalue weighted by Crippen LogP contribution is -2.50. The topological polar surface area (TPSA) is 66.5 Å². The molecule has 5 nitrogen and oxygen atoms in total. The van der Waals surface area contributed by atoms with Gasteiger partial charge in [0.15, 0.2) is 0 Å². The van der Waals surface area contributed by atoms with Gasteiger partial charge < -0.3 is 15.0 Å². The number of benzene rings is 1. The Morgan fingerprint density at radius 3 is 2.90 bits per heavy atom. The van der Waals surface area contributed by atoms with Crippen molar-refractivity contribution in [3.8, 4) is 0 Å². The molecule has 152 valence electrons. The number of aldehydes is 1.